The van der Waals surface area contributed by atoms with Crippen LogP contribution in [0.25, 0.3) is 0 Å². The summed E-state index contributed by atoms with van der Waals surface area (Å²) in [5, 5.41) is 14.1. The molecule has 0 unspecified atom stereocenters. The number of hydrogen-bond acceptors (Lipinski definition) is 3. The number of para-hydroxylation sites is 1. The molecule has 0 aliphatic heterocycles. The largest absolute Gasteiger partial charge is 0.504 e. The summed E-state index contributed by atoms with van der Waals surface area (Å²) in [6, 6.07) is 13.3. The van der Waals surface area contributed by atoms with Gasteiger partial charge < -0.3 is 15.2 Å². The van der Waals surface area contributed by atoms with Gasteiger partial charge in [-0.15, -0.1) is 0 Å². The Balaban J connectivity index is 2.08. The quantitative estimate of drug-likeness (QED) is 0.878. The Bertz CT molecular complexity index is 586. The fraction of sp³-hybridized carbons (Fsp3) is 0.250. The van der Waals surface area contributed by atoms with Crippen LogP contribution in [0.4, 0.5) is 0 Å². The molecule has 0 spiro atoms. The van der Waals surface area contributed by atoms with Crippen LogP contribution in [0, 0.1) is 0 Å². The molecule has 1 atom stereocenters. The lowest BCUT2D eigenvalue weighted by Crippen LogP contribution is -2.18. The Hall–Kier alpha value is -1.71. The Labute approximate surface area is 124 Å². The summed E-state index contributed by atoms with van der Waals surface area (Å²) in [4.78, 5) is 0. The summed E-state index contributed by atoms with van der Waals surface area (Å²) in [5.41, 5.74) is 1.83. The van der Waals surface area contributed by atoms with Gasteiger partial charge in [-0.25, -0.2) is 0 Å². The number of rotatable bonds is 5. The topological polar surface area (TPSA) is 41.5 Å². The molecule has 106 valence electrons. The van der Waals surface area contributed by atoms with Gasteiger partial charge in [-0.1, -0.05) is 41.9 Å². The second kappa shape index (κ2) is 6.64. The van der Waals surface area contributed by atoms with Crippen molar-refractivity contribution < 1.29 is 9.84 Å². The maximum Gasteiger partial charge on any atom is 0.162 e. The van der Waals surface area contributed by atoms with Gasteiger partial charge >= 0.3 is 0 Å². The van der Waals surface area contributed by atoms with E-state index in [1.54, 1.807) is 13.2 Å². The second-order valence-corrected chi connectivity index (χ2v) is 5.00. The van der Waals surface area contributed by atoms with E-state index in [4.69, 9.17) is 16.3 Å². The van der Waals surface area contributed by atoms with E-state index < -0.39 is 0 Å². The van der Waals surface area contributed by atoms with Crippen molar-refractivity contribution in [3.8, 4) is 11.5 Å². The van der Waals surface area contributed by atoms with E-state index in [2.05, 4.69) is 5.32 Å². The lowest BCUT2D eigenvalue weighted by atomic mass is 10.1. The van der Waals surface area contributed by atoms with E-state index in [-0.39, 0.29) is 11.8 Å². The standard InChI is InChI=1S/C16H18ClNO2/c1-11(13-7-3-4-8-14(13)17)18-10-12-6-5-9-15(20-2)16(12)19/h3-9,11,18-19H,10H2,1-2H3/t11-/m1/s1. The second-order valence-electron chi connectivity index (χ2n) is 4.59. The van der Waals surface area contributed by atoms with Gasteiger partial charge in [0.15, 0.2) is 11.5 Å². The van der Waals surface area contributed by atoms with Gasteiger partial charge in [-0.2, -0.15) is 0 Å². The number of methoxy groups -OCH3 is 1. The van der Waals surface area contributed by atoms with Gasteiger partial charge in [0.05, 0.1) is 7.11 Å². The Kier molecular flexibility index (Phi) is 4.88. The molecule has 4 heteroatoms. The molecule has 0 aliphatic carbocycles. The summed E-state index contributed by atoms with van der Waals surface area (Å²) in [6.07, 6.45) is 0. The van der Waals surface area contributed by atoms with Crippen molar-refractivity contribution in [2.45, 2.75) is 19.5 Å². The van der Waals surface area contributed by atoms with Crippen molar-refractivity contribution in [2.24, 2.45) is 0 Å². The lowest BCUT2D eigenvalue weighted by molar-refractivity contribution is 0.369. The van der Waals surface area contributed by atoms with E-state index in [1.807, 2.05) is 43.3 Å². The minimum atomic E-state index is 0.0919. The fourth-order valence-electron chi connectivity index (χ4n) is 2.07. The van der Waals surface area contributed by atoms with Crippen LogP contribution in [0.1, 0.15) is 24.1 Å². The average molecular weight is 292 g/mol. The highest BCUT2D eigenvalue weighted by Gasteiger charge is 2.11. The molecular weight excluding hydrogens is 274 g/mol. The number of ether oxygens (including phenoxy) is 1. The molecule has 0 fully saturated rings. The lowest BCUT2D eigenvalue weighted by Gasteiger charge is -2.16. The fourth-order valence-corrected chi connectivity index (χ4v) is 2.37. The number of phenols is 1. The SMILES string of the molecule is COc1cccc(CN[C@H](C)c2ccccc2Cl)c1O. The summed E-state index contributed by atoms with van der Waals surface area (Å²) in [7, 11) is 1.54. The molecule has 3 nitrogen and oxygen atoms in total. The third-order valence-corrected chi connectivity index (χ3v) is 3.62. The molecule has 2 N–H and O–H groups in total. The van der Waals surface area contributed by atoms with Crippen molar-refractivity contribution in [1.29, 1.82) is 0 Å². The Morgan fingerprint density at radius 3 is 2.65 bits per heavy atom. The summed E-state index contributed by atoms with van der Waals surface area (Å²) < 4.78 is 5.10. The minimum absolute atomic E-state index is 0.0919. The van der Waals surface area contributed by atoms with E-state index in [1.165, 1.54) is 0 Å². The first-order valence-corrected chi connectivity index (χ1v) is 6.84. The van der Waals surface area contributed by atoms with E-state index in [0.29, 0.717) is 12.3 Å². The molecule has 2 aromatic carbocycles. The van der Waals surface area contributed by atoms with Crippen molar-refractivity contribution in [2.75, 3.05) is 7.11 Å². The number of hydrogen-bond donors (Lipinski definition) is 2. The van der Waals surface area contributed by atoms with E-state index in [0.717, 1.165) is 16.1 Å². The van der Waals surface area contributed by atoms with Crippen molar-refractivity contribution >= 4 is 11.6 Å². The number of aromatic hydroxyl groups is 1. The molecule has 0 saturated heterocycles. The van der Waals surface area contributed by atoms with Crippen LogP contribution < -0.4 is 10.1 Å². The number of halogens is 1. The van der Waals surface area contributed by atoms with Gasteiger partial charge in [0.1, 0.15) is 0 Å². The molecule has 0 bridgehead atoms. The molecule has 0 radical (unpaired) electrons. The van der Waals surface area contributed by atoms with Crippen LogP contribution in [0.2, 0.25) is 5.02 Å². The van der Waals surface area contributed by atoms with Gasteiger partial charge in [-0.05, 0) is 24.6 Å². The molecule has 2 aromatic rings. The van der Waals surface area contributed by atoms with Crippen LogP contribution in [0.5, 0.6) is 11.5 Å². The van der Waals surface area contributed by atoms with Gasteiger partial charge in [0.25, 0.3) is 0 Å². The van der Waals surface area contributed by atoms with Gasteiger partial charge in [0, 0.05) is 23.2 Å². The maximum atomic E-state index is 10.0. The molecule has 0 heterocycles. The van der Waals surface area contributed by atoms with Crippen LogP contribution in [0.3, 0.4) is 0 Å². The van der Waals surface area contributed by atoms with E-state index in [9.17, 15) is 5.11 Å². The highest BCUT2D eigenvalue weighted by Crippen LogP contribution is 2.30. The van der Waals surface area contributed by atoms with Gasteiger partial charge in [0.2, 0.25) is 0 Å². The van der Waals surface area contributed by atoms with Crippen LogP contribution in [0.15, 0.2) is 42.5 Å². The summed E-state index contributed by atoms with van der Waals surface area (Å²) in [6.45, 7) is 2.58. The van der Waals surface area contributed by atoms with Crippen LogP contribution in [-0.2, 0) is 6.54 Å². The Morgan fingerprint density at radius 2 is 1.95 bits per heavy atom. The highest BCUT2D eigenvalue weighted by molar-refractivity contribution is 6.31. The third kappa shape index (κ3) is 3.24. The number of nitrogens with one attached hydrogen (secondary N) is 1. The molecule has 20 heavy (non-hydrogen) atoms. The van der Waals surface area contributed by atoms with Crippen LogP contribution in [-0.4, -0.2) is 12.2 Å². The van der Waals surface area contributed by atoms with Crippen molar-refractivity contribution in [3.63, 3.8) is 0 Å². The first kappa shape index (κ1) is 14.7. The normalized spacial score (nSPS) is 12.2. The van der Waals surface area contributed by atoms with Crippen molar-refractivity contribution in [3.05, 3.63) is 58.6 Å². The van der Waals surface area contributed by atoms with Crippen molar-refractivity contribution in [1.82, 2.24) is 5.32 Å². The zero-order valence-corrected chi connectivity index (χ0v) is 12.3. The zero-order valence-electron chi connectivity index (χ0n) is 11.6. The molecule has 0 saturated carbocycles. The summed E-state index contributed by atoms with van der Waals surface area (Å²) in [5.74, 6) is 0.656. The first-order valence-electron chi connectivity index (χ1n) is 6.46. The van der Waals surface area contributed by atoms with Crippen LogP contribution >= 0.6 is 11.6 Å². The molecule has 0 aromatic heterocycles. The number of benzene rings is 2. The predicted octanol–water partition coefficient (Wildman–Crippen LogP) is 3.91. The average Bonchev–Trinajstić information content (AvgIpc) is 2.46. The first-order chi connectivity index (χ1) is 9.63. The molecular formula is C16H18ClNO2. The zero-order chi connectivity index (χ0) is 14.5. The Morgan fingerprint density at radius 1 is 1.20 bits per heavy atom. The molecule has 0 aliphatic rings. The third-order valence-electron chi connectivity index (χ3n) is 3.27. The minimum Gasteiger partial charge on any atom is -0.504 e. The predicted molar refractivity (Wildman–Crippen MR) is 81.4 cm³/mol. The molecule has 2 rings (SSSR count). The summed E-state index contributed by atoms with van der Waals surface area (Å²) >= 11 is 6.17. The van der Waals surface area contributed by atoms with E-state index >= 15 is 0 Å². The highest BCUT2D eigenvalue weighted by atomic mass is 35.5. The monoisotopic (exact) mass is 291 g/mol. The number of phenolic OH excluding ortho intramolecular Hbond substituents is 1. The maximum absolute atomic E-state index is 10.0. The smallest absolute Gasteiger partial charge is 0.162 e. The molecule has 0 amide bonds. The van der Waals surface area contributed by atoms with Gasteiger partial charge in [-0.3, -0.25) is 0 Å².